The summed E-state index contributed by atoms with van der Waals surface area (Å²) in [5.74, 6) is 2.24. The number of aromatic amines is 2. The van der Waals surface area contributed by atoms with E-state index in [1.807, 2.05) is 33.2 Å². The van der Waals surface area contributed by atoms with E-state index in [1.54, 1.807) is 4.90 Å². The lowest BCUT2D eigenvalue weighted by Crippen LogP contribution is -2.36. The van der Waals surface area contributed by atoms with Crippen LogP contribution in [-0.4, -0.2) is 48.1 Å². The predicted octanol–water partition coefficient (Wildman–Crippen LogP) is 8.53. The number of benzene rings is 2. The van der Waals surface area contributed by atoms with Crippen molar-refractivity contribution in [2.24, 2.45) is 0 Å². The van der Waals surface area contributed by atoms with Crippen LogP contribution in [0.2, 0.25) is 0 Å². The summed E-state index contributed by atoms with van der Waals surface area (Å²) in [7, 11) is 0. The van der Waals surface area contributed by atoms with Gasteiger partial charge in [0.15, 0.2) is 0 Å². The lowest BCUT2D eigenvalue weighted by atomic mass is 10.0. The highest BCUT2D eigenvalue weighted by molar-refractivity contribution is 5.91. The number of ether oxygens (including phenoxy) is 1. The highest BCUT2D eigenvalue weighted by Crippen LogP contribution is 2.34. The number of carbonyl (C=O) groups excluding carboxylic acids is 1. The first kappa shape index (κ1) is 27.9. The first-order chi connectivity index (χ1) is 20.2. The fourth-order valence-corrected chi connectivity index (χ4v) is 5.79. The Balaban J connectivity index is 1.21. The Morgan fingerprint density at radius 2 is 1.81 bits per heavy atom. The van der Waals surface area contributed by atoms with Gasteiger partial charge in [-0.2, -0.15) is 0 Å². The van der Waals surface area contributed by atoms with Crippen LogP contribution < -0.4 is 0 Å². The van der Waals surface area contributed by atoms with Crippen LogP contribution in [0.3, 0.4) is 0 Å². The van der Waals surface area contributed by atoms with E-state index >= 15 is 0 Å². The number of carbonyl (C=O) groups is 1. The van der Waals surface area contributed by atoms with Crippen molar-refractivity contribution in [3.05, 3.63) is 66.5 Å². The molecule has 0 unspecified atom stereocenters. The first-order valence-electron chi connectivity index (χ1n) is 15.1. The second kappa shape index (κ2) is 11.2. The minimum absolute atomic E-state index is 0.105. The lowest BCUT2D eigenvalue weighted by molar-refractivity contribution is 0.0218. The van der Waals surface area contributed by atoms with E-state index in [1.165, 1.54) is 12.8 Å². The SMILES string of the molecule is CCCC[C@H](C)c1nc2cnc(-c3ccc4cc(-c5cnc([C@@H]6CCCN6C(=O)OC(C)(C)C)[nH]5)ccc4c3)cc2[nH]1. The number of rotatable bonds is 7. The van der Waals surface area contributed by atoms with E-state index in [9.17, 15) is 4.79 Å². The Morgan fingerprint density at radius 1 is 1.05 bits per heavy atom. The minimum Gasteiger partial charge on any atom is -0.444 e. The number of nitrogens with zero attached hydrogens (tertiary/aromatic N) is 4. The number of amides is 1. The van der Waals surface area contributed by atoms with E-state index in [0.717, 1.165) is 75.2 Å². The molecule has 218 valence electrons. The van der Waals surface area contributed by atoms with E-state index in [-0.39, 0.29) is 12.1 Å². The molecule has 2 aromatic carbocycles. The Morgan fingerprint density at radius 3 is 2.57 bits per heavy atom. The number of hydrogen-bond donors (Lipinski definition) is 2. The summed E-state index contributed by atoms with van der Waals surface area (Å²) in [6.45, 7) is 10.8. The molecule has 1 aliphatic rings. The Hall–Kier alpha value is -4.20. The first-order valence-corrected chi connectivity index (χ1v) is 15.1. The number of nitrogens with one attached hydrogen (secondary N) is 2. The molecule has 42 heavy (non-hydrogen) atoms. The lowest BCUT2D eigenvalue weighted by Gasteiger charge is -2.27. The van der Waals surface area contributed by atoms with Crippen molar-refractivity contribution in [3.8, 4) is 22.5 Å². The van der Waals surface area contributed by atoms with Gasteiger partial charge < -0.3 is 14.7 Å². The maximum absolute atomic E-state index is 12.8. The van der Waals surface area contributed by atoms with Crippen LogP contribution in [0, 0.1) is 0 Å². The van der Waals surface area contributed by atoms with Gasteiger partial charge in [0.05, 0.1) is 35.3 Å². The maximum atomic E-state index is 12.8. The van der Waals surface area contributed by atoms with Crippen molar-refractivity contribution in [2.75, 3.05) is 6.54 Å². The number of pyridine rings is 1. The molecule has 0 spiro atoms. The molecule has 5 aromatic rings. The Kier molecular flexibility index (Phi) is 7.47. The molecule has 3 aromatic heterocycles. The van der Waals surface area contributed by atoms with Gasteiger partial charge in [0, 0.05) is 23.6 Å². The normalized spacial score (nSPS) is 16.4. The van der Waals surface area contributed by atoms with Gasteiger partial charge in [-0.15, -0.1) is 0 Å². The molecule has 0 radical (unpaired) electrons. The molecule has 6 rings (SSSR count). The van der Waals surface area contributed by atoms with Crippen molar-refractivity contribution in [1.82, 2.24) is 29.8 Å². The second-order valence-corrected chi connectivity index (χ2v) is 12.5. The van der Waals surface area contributed by atoms with Gasteiger partial charge in [0.2, 0.25) is 0 Å². The monoisotopic (exact) mass is 564 g/mol. The quantitative estimate of drug-likeness (QED) is 0.206. The van der Waals surface area contributed by atoms with Crippen molar-refractivity contribution in [3.63, 3.8) is 0 Å². The van der Waals surface area contributed by atoms with Crippen LogP contribution in [0.15, 0.2) is 54.9 Å². The molecule has 0 bridgehead atoms. The topological polar surface area (TPSA) is 99.8 Å². The largest absolute Gasteiger partial charge is 0.444 e. The minimum atomic E-state index is -0.526. The fourth-order valence-electron chi connectivity index (χ4n) is 5.79. The summed E-state index contributed by atoms with van der Waals surface area (Å²) in [4.78, 5) is 35.8. The summed E-state index contributed by atoms with van der Waals surface area (Å²) in [6, 6.07) is 14.9. The third-order valence-corrected chi connectivity index (χ3v) is 8.08. The third-order valence-electron chi connectivity index (χ3n) is 8.08. The van der Waals surface area contributed by atoms with Gasteiger partial charge in [-0.25, -0.2) is 14.8 Å². The fraction of sp³-hybridized carbons (Fsp3) is 0.412. The zero-order valence-electron chi connectivity index (χ0n) is 25.2. The van der Waals surface area contributed by atoms with Crippen LogP contribution in [-0.2, 0) is 4.74 Å². The number of hydrogen-bond acceptors (Lipinski definition) is 5. The molecule has 1 saturated heterocycles. The summed E-state index contributed by atoms with van der Waals surface area (Å²) in [5.41, 5.74) is 5.39. The smallest absolute Gasteiger partial charge is 0.410 e. The standard InChI is InChI=1S/C34H40N6O2/c1-6-7-9-21(2)31-37-27-18-26(35-20-29(27)39-31)24-13-11-23-17-25(14-12-22(23)16-24)28-19-36-32(38-28)30-10-8-15-40(30)33(41)42-34(3,4)5/h11-14,16-21,30H,6-10,15H2,1-5H3,(H,36,38)(H,37,39)/t21-,30-/m0/s1. The highest BCUT2D eigenvalue weighted by atomic mass is 16.6. The molecule has 4 heterocycles. The number of unbranched alkanes of at least 4 members (excludes halogenated alkanes) is 1. The van der Waals surface area contributed by atoms with Crippen molar-refractivity contribution >= 4 is 27.9 Å². The number of aromatic nitrogens is 5. The van der Waals surface area contributed by atoms with Crippen LogP contribution in [0.25, 0.3) is 44.3 Å². The molecular weight excluding hydrogens is 524 g/mol. The molecule has 1 amide bonds. The molecule has 1 aliphatic heterocycles. The summed E-state index contributed by atoms with van der Waals surface area (Å²) in [6.07, 6.45) is 8.77. The maximum Gasteiger partial charge on any atom is 0.410 e. The number of imidazole rings is 2. The molecule has 0 aliphatic carbocycles. The second-order valence-electron chi connectivity index (χ2n) is 12.5. The third kappa shape index (κ3) is 5.75. The number of likely N-dealkylation sites (tertiary alicyclic amines) is 1. The van der Waals surface area contributed by atoms with Crippen LogP contribution in [0.1, 0.15) is 90.3 Å². The summed E-state index contributed by atoms with van der Waals surface area (Å²) < 4.78 is 5.63. The van der Waals surface area contributed by atoms with Crippen molar-refractivity contribution in [1.29, 1.82) is 0 Å². The van der Waals surface area contributed by atoms with Crippen LogP contribution >= 0.6 is 0 Å². The number of fused-ring (bicyclic) bond motifs is 2. The Labute approximate surface area is 246 Å². The van der Waals surface area contributed by atoms with Crippen molar-refractivity contribution in [2.45, 2.75) is 84.3 Å². The van der Waals surface area contributed by atoms with Gasteiger partial charge in [-0.1, -0.05) is 51.0 Å². The van der Waals surface area contributed by atoms with Gasteiger partial charge in [0.1, 0.15) is 22.8 Å². The van der Waals surface area contributed by atoms with E-state index in [0.29, 0.717) is 12.5 Å². The molecule has 8 nitrogen and oxygen atoms in total. The molecule has 0 saturated carbocycles. The van der Waals surface area contributed by atoms with Gasteiger partial charge >= 0.3 is 6.09 Å². The van der Waals surface area contributed by atoms with Gasteiger partial charge in [-0.05, 0) is 69.0 Å². The Bertz CT molecular complexity index is 1730. The molecule has 2 N–H and O–H groups in total. The summed E-state index contributed by atoms with van der Waals surface area (Å²) in [5, 5.41) is 2.28. The number of H-pyrrole nitrogens is 2. The molecular formula is C34H40N6O2. The predicted molar refractivity (Wildman–Crippen MR) is 167 cm³/mol. The van der Waals surface area contributed by atoms with E-state index in [4.69, 9.17) is 14.7 Å². The highest BCUT2D eigenvalue weighted by Gasteiger charge is 2.34. The molecule has 2 atom stereocenters. The van der Waals surface area contributed by atoms with E-state index < -0.39 is 5.60 Å². The molecule has 1 fully saturated rings. The van der Waals surface area contributed by atoms with Crippen LogP contribution in [0.5, 0.6) is 0 Å². The van der Waals surface area contributed by atoms with Crippen molar-refractivity contribution < 1.29 is 9.53 Å². The average molecular weight is 565 g/mol. The zero-order chi connectivity index (χ0) is 29.4. The van der Waals surface area contributed by atoms with E-state index in [2.05, 4.69) is 71.3 Å². The zero-order valence-corrected chi connectivity index (χ0v) is 25.2. The van der Waals surface area contributed by atoms with Gasteiger partial charge in [-0.3, -0.25) is 9.88 Å². The van der Waals surface area contributed by atoms with Gasteiger partial charge in [0.25, 0.3) is 0 Å². The molecule has 8 heteroatoms. The van der Waals surface area contributed by atoms with Crippen LogP contribution in [0.4, 0.5) is 4.79 Å². The average Bonchev–Trinajstić information content (AvgIpc) is 3.73. The summed E-state index contributed by atoms with van der Waals surface area (Å²) >= 11 is 0.